The van der Waals surface area contributed by atoms with E-state index in [9.17, 15) is 13.6 Å². The fourth-order valence-electron chi connectivity index (χ4n) is 2.90. The number of guanidine groups is 1. The number of alkyl halides is 2. The lowest BCUT2D eigenvalue weighted by Crippen LogP contribution is -2.52. The lowest BCUT2D eigenvalue weighted by atomic mass is 9.86. The largest absolute Gasteiger partial charge is 0.339 e. The predicted molar refractivity (Wildman–Crippen MR) is 89.7 cm³/mol. The Morgan fingerprint density at radius 2 is 1.96 bits per heavy atom. The summed E-state index contributed by atoms with van der Waals surface area (Å²) in [6.45, 7) is 6.70. The molecule has 1 saturated carbocycles. The fraction of sp³-hybridized carbons (Fsp3) is 0.875. The number of amides is 1. The summed E-state index contributed by atoms with van der Waals surface area (Å²) >= 11 is 0. The van der Waals surface area contributed by atoms with Crippen LogP contribution < -0.4 is 21.5 Å². The van der Waals surface area contributed by atoms with Crippen molar-refractivity contribution in [1.82, 2.24) is 21.5 Å². The molecule has 138 valence electrons. The van der Waals surface area contributed by atoms with Crippen LogP contribution in [0.3, 0.4) is 0 Å². The van der Waals surface area contributed by atoms with Gasteiger partial charge in [0.15, 0.2) is 5.96 Å². The van der Waals surface area contributed by atoms with Crippen molar-refractivity contribution < 1.29 is 13.6 Å². The van der Waals surface area contributed by atoms with Crippen molar-refractivity contribution in [1.29, 1.82) is 0 Å². The minimum atomic E-state index is -1.56. The van der Waals surface area contributed by atoms with Crippen LogP contribution in [0.2, 0.25) is 0 Å². The number of hydrazine groups is 1. The van der Waals surface area contributed by atoms with Crippen LogP contribution in [0.4, 0.5) is 8.78 Å². The zero-order valence-corrected chi connectivity index (χ0v) is 14.6. The summed E-state index contributed by atoms with van der Waals surface area (Å²) in [6.07, 6.45) is -1.80. The number of halogens is 2. The SMILES string of the molecule is CC(C)CN=C(NC(=O)C1CCC(F)C(F)C1)NC1CC(C)NN1. The average molecular weight is 345 g/mol. The second-order valence-electron chi connectivity index (χ2n) is 7.24. The van der Waals surface area contributed by atoms with E-state index in [-0.39, 0.29) is 24.9 Å². The van der Waals surface area contributed by atoms with E-state index in [1.54, 1.807) is 0 Å². The fourth-order valence-corrected chi connectivity index (χ4v) is 2.90. The number of carbonyl (C=O) groups excluding carboxylic acids is 1. The van der Waals surface area contributed by atoms with Crippen LogP contribution in [0.15, 0.2) is 4.99 Å². The molecule has 5 unspecified atom stereocenters. The molecular formula is C16H29F2N5O. The lowest BCUT2D eigenvalue weighted by Gasteiger charge is -2.27. The molecule has 0 aromatic heterocycles. The summed E-state index contributed by atoms with van der Waals surface area (Å²) in [6, 6.07) is 0.316. The molecule has 6 nitrogen and oxygen atoms in total. The third-order valence-electron chi connectivity index (χ3n) is 4.32. The van der Waals surface area contributed by atoms with Gasteiger partial charge in [0.1, 0.15) is 12.3 Å². The molecular weight excluding hydrogens is 316 g/mol. The Morgan fingerprint density at radius 1 is 1.21 bits per heavy atom. The predicted octanol–water partition coefficient (Wildman–Crippen LogP) is 1.39. The van der Waals surface area contributed by atoms with E-state index >= 15 is 0 Å². The lowest BCUT2D eigenvalue weighted by molar-refractivity contribution is -0.125. The number of hydrogen-bond donors (Lipinski definition) is 4. The zero-order chi connectivity index (χ0) is 17.7. The van der Waals surface area contributed by atoms with Crippen LogP contribution in [0, 0.1) is 11.8 Å². The molecule has 1 amide bonds. The molecule has 1 saturated heterocycles. The summed E-state index contributed by atoms with van der Waals surface area (Å²) in [5, 5.41) is 5.93. The van der Waals surface area contributed by atoms with E-state index in [0.717, 1.165) is 6.42 Å². The smallest absolute Gasteiger partial charge is 0.229 e. The Morgan fingerprint density at radius 3 is 2.54 bits per heavy atom. The average Bonchev–Trinajstić information content (AvgIpc) is 2.92. The van der Waals surface area contributed by atoms with Crippen LogP contribution in [0.5, 0.6) is 0 Å². The van der Waals surface area contributed by atoms with Gasteiger partial charge in [-0.05, 0) is 38.5 Å². The molecule has 1 aliphatic heterocycles. The van der Waals surface area contributed by atoms with E-state index in [2.05, 4.69) is 33.4 Å². The van der Waals surface area contributed by atoms with Gasteiger partial charge in [-0.1, -0.05) is 13.8 Å². The normalized spacial score (nSPS) is 34.4. The van der Waals surface area contributed by atoms with Crippen LogP contribution in [-0.2, 0) is 4.79 Å². The van der Waals surface area contributed by atoms with E-state index in [1.165, 1.54) is 0 Å². The number of aliphatic imine (C=N–C) groups is 1. The van der Waals surface area contributed by atoms with Crippen LogP contribution in [0.25, 0.3) is 0 Å². The molecule has 1 heterocycles. The van der Waals surface area contributed by atoms with Gasteiger partial charge in [-0.2, -0.15) is 0 Å². The first-order valence-electron chi connectivity index (χ1n) is 8.76. The highest BCUT2D eigenvalue weighted by atomic mass is 19.2. The summed E-state index contributed by atoms with van der Waals surface area (Å²) in [7, 11) is 0. The van der Waals surface area contributed by atoms with Crippen LogP contribution >= 0.6 is 0 Å². The second kappa shape index (κ2) is 8.71. The van der Waals surface area contributed by atoms with Crippen molar-refractivity contribution in [3.8, 4) is 0 Å². The first-order valence-corrected chi connectivity index (χ1v) is 8.76. The third-order valence-corrected chi connectivity index (χ3v) is 4.32. The molecule has 0 radical (unpaired) electrons. The number of nitrogens with zero attached hydrogens (tertiary/aromatic N) is 1. The van der Waals surface area contributed by atoms with Crippen molar-refractivity contribution >= 4 is 11.9 Å². The maximum atomic E-state index is 13.5. The molecule has 2 rings (SSSR count). The van der Waals surface area contributed by atoms with Gasteiger partial charge < -0.3 is 5.32 Å². The number of rotatable bonds is 4. The van der Waals surface area contributed by atoms with Crippen LogP contribution in [-0.4, -0.2) is 43.0 Å². The van der Waals surface area contributed by atoms with Gasteiger partial charge >= 0.3 is 0 Å². The molecule has 8 heteroatoms. The van der Waals surface area contributed by atoms with Crippen molar-refractivity contribution in [3.05, 3.63) is 0 Å². The van der Waals surface area contributed by atoms with Crippen molar-refractivity contribution in [2.24, 2.45) is 16.8 Å². The van der Waals surface area contributed by atoms with Crippen molar-refractivity contribution in [2.45, 2.75) is 71.0 Å². The second-order valence-corrected chi connectivity index (χ2v) is 7.24. The molecule has 0 spiro atoms. The van der Waals surface area contributed by atoms with Gasteiger partial charge in [0.25, 0.3) is 0 Å². The first-order chi connectivity index (χ1) is 11.3. The minimum Gasteiger partial charge on any atom is -0.339 e. The number of hydrogen-bond acceptors (Lipinski definition) is 4. The molecule has 0 aromatic carbocycles. The van der Waals surface area contributed by atoms with Gasteiger partial charge in [0, 0.05) is 18.5 Å². The van der Waals surface area contributed by atoms with Gasteiger partial charge in [-0.3, -0.25) is 20.5 Å². The van der Waals surface area contributed by atoms with Crippen LogP contribution in [0.1, 0.15) is 46.5 Å². The summed E-state index contributed by atoms with van der Waals surface area (Å²) in [5.41, 5.74) is 6.18. The maximum absolute atomic E-state index is 13.5. The molecule has 24 heavy (non-hydrogen) atoms. The third kappa shape index (κ3) is 5.66. The first kappa shape index (κ1) is 19.1. The molecule has 2 fully saturated rings. The standard InChI is InChI=1S/C16H29F2N5O/c1-9(2)8-19-16(20-14-6-10(3)22-23-14)21-15(24)11-4-5-12(17)13(18)7-11/h9-14,22-23H,4-8H2,1-3H3,(H2,19,20,21,24). The highest BCUT2D eigenvalue weighted by Gasteiger charge is 2.34. The monoisotopic (exact) mass is 345 g/mol. The van der Waals surface area contributed by atoms with Gasteiger partial charge in [0.2, 0.25) is 5.91 Å². The van der Waals surface area contributed by atoms with Gasteiger partial charge in [-0.15, -0.1) is 0 Å². The Hall–Kier alpha value is -1.28. The number of carbonyl (C=O) groups is 1. The summed E-state index contributed by atoms with van der Waals surface area (Å²) < 4.78 is 26.8. The Labute approximate surface area is 142 Å². The quantitative estimate of drug-likeness (QED) is 0.459. The Bertz CT molecular complexity index is 460. The number of nitrogens with one attached hydrogen (secondary N) is 4. The van der Waals surface area contributed by atoms with E-state index in [1.807, 2.05) is 13.8 Å². The van der Waals surface area contributed by atoms with Crippen molar-refractivity contribution in [2.75, 3.05) is 6.54 Å². The molecule has 0 aromatic rings. The Balaban J connectivity index is 1.93. The van der Waals surface area contributed by atoms with E-state index in [4.69, 9.17) is 0 Å². The molecule has 2 aliphatic rings. The van der Waals surface area contributed by atoms with Gasteiger partial charge in [-0.25, -0.2) is 14.2 Å². The van der Waals surface area contributed by atoms with E-state index < -0.39 is 18.3 Å². The topological polar surface area (TPSA) is 77.5 Å². The maximum Gasteiger partial charge on any atom is 0.229 e. The minimum absolute atomic E-state index is 0.0401. The molecule has 4 N–H and O–H groups in total. The van der Waals surface area contributed by atoms with Gasteiger partial charge in [0.05, 0.1) is 6.17 Å². The van der Waals surface area contributed by atoms with Crippen molar-refractivity contribution in [3.63, 3.8) is 0 Å². The summed E-state index contributed by atoms with van der Waals surface area (Å²) in [4.78, 5) is 16.8. The zero-order valence-electron chi connectivity index (χ0n) is 14.6. The molecule has 0 bridgehead atoms. The highest BCUT2D eigenvalue weighted by Crippen LogP contribution is 2.28. The highest BCUT2D eigenvalue weighted by molar-refractivity contribution is 5.98. The summed E-state index contributed by atoms with van der Waals surface area (Å²) in [5.74, 6) is -0.0606. The van der Waals surface area contributed by atoms with E-state index in [0.29, 0.717) is 30.9 Å². The molecule has 5 atom stereocenters. The Kier molecular flexibility index (Phi) is 6.91. The molecule has 1 aliphatic carbocycles.